The zero-order valence-corrected chi connectivity index (χ0v) is 12.4. The van der Waals surface area contributed by atoms with Crippen LogP contribution >= 0.6 is 15.9 Å². The lowest BCUT2D eigenvalue weighted by Gasteiger charge is -2.11. The highest BCUT2D eigenvalue weighted by Crippen LogP contribution is 2.30. The summed E-state index contributed by atoms with van der Waals surface area (Å²) in [5, 5.41) is 0. The van der Waals surface area contributed by atoms with E-state index in [1.54, 1.807) is 0 Å². The number of hydrogen-bond donors (Lipinski definition) is 1. The number of halogens is 4. The van der Waals surface area contributed by atoms with Crippen molar-refractivity contribution in [3.63, 3.8) is 0 Å². The Balaban J connectivity index is 2.96. The van der Waals surface area contributed by atoms with Gasteiger partial charge in [0, 0.05) is 11.4 Å². The van der Waals surface area contributed by atoms with Gasteiger partial charge in [-0.2, -0.15) is 13.2 Å². The molecule has 0 saturated carbocycles. The Morgan fingerprint density at radius 1 is 1.37 bits per heavy atom. The second kappa shape index (κ2) is 6.23. The molecular weight excluding hydrogens is 347 g/mol. The van der Waals surface area contributed by atoms with Gasteiger partial charge in [0.05, 0.1) is 10.5 Å². The minimum absolute atomic E-state index is 0.0620. The van der Waals surface area contributed by atoms with Crippen LogP contribution in [0.4, 0.5) is 13.2 Å². The predicted molar refractivity (Wildman–Crippen MR) is 69.6 cm³/mol. The summed E-state index contributed by atoms with van der Waals surface area (Å²) in [6, 6.07) is 3.66. The first-order valence-corrected chi connectivity index (χ1v) is 7.87. The van der Waals surface area contributed by atoms with Crippen LogP contribution in [0.25, 0.3) is 0 Å². The average molecular weight is 360 g/mol. The molecule has 0 heterocycles. The first-order valence-electron chi connectivity index (χ1n) is 5.48. The lowest BCUT2D eigenvalue weighted by molar-refractivity contribution is -0.137. The number of rotatable bonds is 5. The van der Waals surface area contributed by atoms with Crippen molar-refractivity contribution in [2.45, 2.75) is 29.2 Å². The van der Waals surface area contributed by atoms with Gasteiger partial charge in [-0.25, -0.2) is 13.1 Å². The Morgan fingerprint density at radius 2 is 2.00 bits per heavy atom. The molecule has 0 aromatic heterocycles. The van der Waals surface area contributed by atoms with E-state index in [0.717, 1.165) is 18.2 Å². The average Bonchev–Trinajstić information content (AvgIpc) is 2.35. The third kappa shape index (κ3) is 4.77. The van der Waals surface area contributed by atoms with Crippen LogP contribution in [0.5, 0.6) is 0 Å². The van der Waals surface area contributed by atoms with Crippen molar-refractivity contribution in [1.29, 1.82) is 0 Å². The summed E-state index contributed by atoms with van der Waals surface area (Å²) in [5.74, 6) is 0. The SMILES string of the molecule is CCC(Br)CNS(=O)(=O)c1cccc(C(F)(F)F)c1. The molecule has 1 unspecified atom stereocenters. The molecule has 8 heteroatoms. The minimum Gasteiger partial charge on any atom is -0.210 e. The van der Waals surface area contributed by atoms with Crippen molar-refractivity contribution in [2.75, 3.05) is 6.54 Å². The number of benzene rings is 1. The maximum Gasteiger partial charge on any atom is 0.416 e. The summed E-state index contributed by atoms with van der Waals surface area (Å²) in [4.78, 5) is -0.453. The van der Waals surface area contributed by atoms with Crippen LogP contribution in [-0.4, -0.2) is 19.8 Å². The van der Waals surface area contributed by atoms with Crippen molar-refractivity contribution in [3.8, 4) is 0 Å². The molecule has 0 aliphatic heterocycles. The first-order chi connectivity index (χ1) is 8.66. The van der Waals surface area contributed by atoms with Gasteiger partial charge in [0.15, 0.2) is 0 Å². The molecule has 1 atom stereocenters. The van der Waals surface area contributed by atoms with Gasteiger partial charge in [0.2, 0.25) is 10.0 Å². The van der Waals surface area contributed by atoms with E-state index < -0.39 is 26.7 Å². The molecule has 0 fully saturated rings. The van der Waals surface area contributed by atoms with Gasteiger partial charge in [0.1, 0.15) is 0 Å². The zero-order valence-electron chi connectivity index (χ0n) is 10.0. The highest BCUT2D eigenvalue weighted by atomic mass is 79.9. The van der Waals surface area contributed by atoms with Crippen molar-refractivity contribution in [1.82, 2.24) is 4.72 Å². The molecule has 0 saturated heterocycles. The molecule has 1 rings (SSSR count). The molecule has 0 spiro atoms. The predicted octanol–water partition coefficient (Wildman–Crippen LogP) is 3.16. The monoisotopic (exact) mass is 359 g/mol. The third-order valence-electron chi connectivity index (χ3n) is 2.41. The summed E-state index contributed by atoms with van der Waals surface area (Å²) < 4.78 is 63.4. The second-order valence-corrected chi connectivity index (χ2v) is 6.94. The van der Waals surface area contributed by atoms with Crippen LogP contribution in [-0.2, 0) is 16.2 Å². The topological polar surface area (TPSA) is 46.2 Å². The van der Waals surface area contributed by atoms with Gasteiger partial charge in [-0.3, -0.25) is 0 Å². The number of sulfonamides is 1. The van der Waals surface area contributed by atoms with Gasteiger partial charge in [-0.15, -0.1) is 0 Å². The van der Waals surface area contributed by atoms with Gasteiger partial charge >= 0.3 is 6.18 Å². The van der Waals surface area contributed by atoms with Gasteiger partial charge < -0.3 is 0 Å². The van der Waals surface area contributed by atoms with E-state index in [-0.39, 0.29) is 11.4 Å². The van der Waals surface area contributed by atoms with Gasteiger partial charge in [-0.05, 0) is 24.6 Å². The standard InChI is InChI=1S/C11H13BrF3NO2S/c1-2-9(12)7-16-19(17,18)10-5-3-4-8(6-10)11(13,14)15/h3-6,9,16H,2,7H2,1H3. The lowest BCUT2D eigenvalue weighted by atomic mass is 10.2. The van der Waals surface area contributed by atoms with Crippen molar-refractivity contribution >= 4 is 26.0 Å². The van der Waals surface area contributed by atoms with Gasteiger partial charge in [-0.1, -0.05) is 28.9 Å². The molecule has 0 radical (unpaired) electrons. The maximum atomic E-state index is 12.5. The van der Waals surface area contributed by atoms with Crippen molar-refractivity contribution in [3.05, 3.63) is 29.8 Å². The molecule has 1 aromatic carbocycles. The highest BCUT2D eigenvalue weighted by molar-refractivity contribution is 9.09. The summed E-state index contributed by atoms with van der Waals surface area (Å²) in [5.41, 5.74) is -0.985. The van der Waals surface area contributed by atoms with Crippen LogP contribution in [0.2, 0.25) is 0 Å². The van der Waals surface area contributed by atoms with Crippen molar-refractivity contribution < 1.29 is 21.6 Å². The fourth-order valence-electron chi connectivity index (χ4n) is 1.27. The fourth-order valence-corrected chi connectivity index (χ4v) is 2.77. The Bertz CT molecular complexity index is 531. The molecule has 19 heavy (non-hydrogen) atoms. The molecule has 1 aromatic rings. The Hall–Kier alpha value is -0.600. The first kappa shape index (κ1) is 16.5. The summed E-state index contributed by atoms with van der Waals surface area (Å²) in [6.45, 7) is 1.98. The van der Waals surface area contributed by atoms with Crippen LogP contribution in [0, 0.1) is 0 Å². The smallest absolute Gasteiger partial charge is 0.210 e. The fraction of sp³-hybridized carbons (Fsp3) is 0.455. The zero-order chi connectivity index (χ0) is 14.7. The minimum atomic E-state index is -4.56. The van der Waals surface area contributed by atoms with E-state index in [9.17, 15) is 21.6 Å². The van der Waals surface area contributed by atoms with E-state index in [1.807, 2.05) is 6.92 Å². The van der Waals surface area contributed by atoms with E-state index in [0.29, 0.717) is 12.5 Å². The molecule has 0 bridgehead atoms. The number of alkyl halides is 4. The van der Waals surface area contributed by atoms with E-state index in [1.165, 1.54) is 0 Å². The maximum absolute atomic E-state index is 12.5. The van der Waals surface area contributed by atoms with Gasteiger partial charge in [0.25, 0.3) is 0 Å². The molecule has 0 aliphatic carbocycles. The van der Waals surface area contributed by atoms with Crippen LogP contribution in [0.15, 0.2) is 29.2 Å². The Morgan fingerprint density at radius 3 is 2.53 bits per heavy atom. The molecule has 3 nitrogen and oxygen atoms in total. The third-order valence-corrected chi connectivity index (χ3v) is 4.80. The molecule has 0 aliphatic rings. The lowest BCUT2D eigenvalue weighted by Crippen LogP contribution is -2.29. The Kier molecular flexibility index (Phi) is 5.40. The molecule has 108 valence electrons. The molecule has 1 N–H and O–H groups in total. The summed E-state index contributed by atoms with van der Waals surface area (Å²) in [6.07, 6.45) is -3.86. The van der Waals surface area contributed by atoms with Crippen LogP contribution in [0.1, 0.15) is 18.9 Å². The quantitative estimate of drug-likeness (QED) is 0.820. The van der Waals surface area contributed by atoms with E-state index >= 15 is 0 Å². The number of nitrogens with one attached hydrogen (secondary N) is 1. The molecular formula is C11H13BrF3NO2S. The number of hydrogen-bond acceptors (Lipinski definition) is 2. The van der Waals surface area contributed by atoms with E-state index in [2.05, 4.69) is 20.7 Å². The Labute approximate surface area is 118 Å². The summed E-state index contributed by atoms with van der Waals surface area (Å²) >= 11 is 3.24. The second-order valence-electron chi connectivity index (χ2n) is 3.88. The van der Waals surface area contributed by atoms with Crippen LogP contribution in [0.3, 0.4) is 0 Å². The molecule has 0 amide bonds. The van der Waals surface area contributed by atoms with Crippen LogP contribution < -0.4 is 4.72 Å². The normalized spacial score (nSPS) is 14.4. The highest BCUT2D eigenvalue weighted by Gasteiger charge is 2.31. The van der Waals surface area contributed by atoms with E-state index in [4.69, 9.17) is 0 Å². The van der Waals surface area contributed by atoms with Crippen molar-refractivity contribution in [2.24, 2.45) is 0 Å². The largest absolute Gasteiger partial charge is 0.416 e. The summed E-state index contributed by atoms with van der Waals surface area (Å²) in [7, 11) is -3.93.